The van der Waals surface area contributed by atoms with Gasteiger partial charge in [0.25, 0.3) is 0 Å². The highest BCUT2D eigenvalue weighted by atomic mass is 14.7. The smallest absolute Gasteiger partial charge is 0.0708 e. The minimum atomic E-state index is -0.120. The highest BCUT2D eigenvalue weighted by Crippen LogP contribution is 2.54. The molecule has 2 aliphatic rings. The SMILES string of the molecule is CC1(C)c2ccccc2-c2ccc(-c3c4ccccc4c(-c4ccc5cc(-c6c7ccccc7c(-c7ccc8c(c7)C(C)(C)c7ccccc7-8)c7c6cnc6ccccc67)ccc5c4)c4cnc5ccccc5c34)cc21. The second-order valence-electron chi connectivity index (χ2n) is 22.4. The summed E-state index contributed by atoms with van der Waals surface area (Å²) in [6.07, 6.45) is 4.26. The van der Waals surface area contributed by atoms with Crippen LogP contribution in [0.3, 0.4) is 0 Å². The van der Waals surface area contributed by atoms with Crippen molar-refractivity contribution in [3.05, 3.63) is 253 Å². The molecule has 0 fully saturated rings. The van der Waals surface area contributed by atoms with Crippen LogP contribution in [0.1, 0.15) is 49.9 Å². The third-order valence-corrected chi connectivity index (χ3v) is 17.7. The lowest BCUT2D eigenvalue weighted by Gasteiger charge is -2.23. The maximum atomic E-state index is 5.17. The first-order chi connectivity index (χ1) is 37.2. The zero-order valence-electron chi connectivity index (χ0n) is 42.8. The fraction of sp³-hybridized carbons (Fsp3) is 0.0811. The molecule has 0 spiro atoms. The summed E-state index contributed by atoms with van der Waals surface area (Å²) in [6, 6.07) is 81.7. The molecule has 0 atom stereocenters. The largest absolute Gasteiger partial charge is 0.256 e. The topological polar surface area (TPSA) is 25.8 Å². The third-order valence-electron chi connectivity index (χ3n) is 17.7. The average Bonchev–Trinajstić information content (AvgIpc) is 3.98. The Bertz CT molecular complexity index is 4570. The quantitative estimate of drug-likeness (QED) is 0.130. The van der Waals surface area contributed by atoms with Gasteiger partial charge in [0.2, 0.25) is 0 Å². The standard InChI is InChI=1S/C74H50N2/c1-73(2)61-25-13-9-17-49(61)51-35-33-47(39-63(51)73)69-55-21-7-5-19-53(55)67(59-41-75-65-27-15-11-23-57(65)71(59)69)45-31-29-44-38-46(32-30-43(44)37-45)68-54-20-6-8-22-56(54)70(72-58-24-12-16-28-66(58)76-42-60(68)72)48-34-36-52-50-18-10-14-26-62(50)74(3,4)64(52)40-48/h5-42H,1-4H3. The van der Waals surface area contributed by atoms with E-state index in [4.69, 9.17) is 9.97 Å². The molecule has 0 radical (unpaired) electrons. The van der Waals surface area contributed by atoms with Crippen LogP contribution in [0.4, 0.5) is 0 Å². The highest BCUT2D eigenvalue weighted by Gasteiger charge is 2.37. The number of rotatable bonds is 4. The molecule has 0 amide bonds. The molecule has 2 nitrogen and oxygen atoms in total. The minimum absolute atomic E-state index is 0.120. The molecule has 16 rings (SSSR count). The lowest BCUT2D eigenvalue weighted by atomic mass is 9.80. The molecule has 2 aliphatic carbocycles. The maximum absolute atomic E-state index is 5.17. The van der Waals surface area contributed by atoms with E-state index in [9.17, 15) is 0 Å². The molecule has 0 saturated heterocycles. The lowest BCUT2D eigenvalue weighted by molar-refractivity contribution is 0.660. The Kier molecular flexibility index (Phi) is 8.89. The van der Waals surface area contributed by atoms with Crippen LogP contribution in [0.25, 0.3) is 142 Å². The van der Waals surface area contributed by atoms with E-state index in [0.29, 0.717) is 0 Å². The fourth-order valence-corrected chi connectivity index (χ4v) is 14.1. The number of nitrogens with zero attached hydrogens (tertiary/aromatic N) is 2. The Labute approximate surface area is 441 Å². The van der Waals surface area contributed by atoms with E-state index >= 15 is 0 Å². The molecule has 14 aromatic rings. The van der Waals surface area contributed by atoms with Crippen molar-refractivity contribution >= 4 is 75.7 Å². The molecule has 2 heteroatoms. The summed E-state index contributed by atoms with van der Waals surface area (Å²) in [5, 5.41) is 14.4. The fourth-order valence-electron chi connectivity index (χ4n) is 14.1. The molecule has 76 heavy (non-hydrogen) atoms. The molecular weight excluding hydrogens is 917 g/mol. The molecule has 12 aromatic carbocycles. The van der Waals surface area contributed by atoms with Gasteiger partial charge in [0.05, 0.1) is 11.0 Å². The van der Waals surface area contributed by atoms with Crippen molar-refractivity contribution in [2.45, 2.75) is 38.5 Å². The van der Waals surface area contributed by atoms with Crippen molar-refractivity contribution in [3.8, 4) is 66.8 Å². The van der Waals surface area contributed by atoms with Gasteiger partial charge < -0.3 is 0 Å². The Morgan fingerprint density at radius 3 is 1.03 bits per heavy atom. The zero-order chi connectivity index (χ0) is 50.6. The van der Waals surface area contributed by atoms with Gasteiger partial charge in [-0.1, -0.05) is 210 Å². The van der Waals surface area contributed by atoms with E-state index in [-0.39, 0.29) is 10.8 Å². The van der Waals surface area contributed by atoms with Crippen molar-refractivity contribution in [1.82, 2.24) is 9.97 Å². The normalized spacial score (nSPS) is 14.0. The van der Waals surface area contributed by atoms with Gasteiger partial charge in [-0.15, -0.1) is 0 Å². The number of hydrogen-bond donors (Lipinski definition) is 0. The first kappa shape index (κ1) is 43.2. The van der Waals surface area contributed by atoms with E-state index in [0.717, 1.165) is 32.6 Å². The molecular formula is C74H50N2. The second-order valence-corrected chi connectivity index (χ2v) is 22.4. The van der Waals surface area contributed by atoms with Gasteiger partial charge in [-0.3, -0.25) is 9.97 Å². The summed E-state index contributed by atoms with van der Waals surface area (Å²) < 4.78 is 0. The van der Waals surface area contributed by atoms with Crippen LogP contribution in [-0.2, 0) is 10.8 Å². The van der Waals surface area contributed by atoms with Gasteiger partial charge in [0.1, 0.15) is 0 Å². The van der Waals surface area contributed by atoms with Gasteiger partial charge in [-0.05, 0) is 158 Å². The van der Waals surface area contributed by atoms with E-state index in [1.807, 2.05) is 0 Å². The zero-order valence-corrected chi connectivity index (χ0v) is 42.8. The van der Waals surface area contributed by atoms with Crippen LogP contribution in [0, 0.1) is 0 Å². The van der Waals surface area contributed by atoms with Crippen LogP contribution >= 0.6 is 0 Å². The Balaban J connectivity index is 0.890. The minimum Gasteiger partial charge on any atom is -0.256 e. The Hall–Kier alpha value is -9.24. The second kappa shape index (κ2) is 15.6. The average molecular weight is 967 g/mol. The van der Waals surface area contributed by atoms with Crippen molar-refractivity contribution in [3.63, 3.8) is 0 Å². The van der Waals surface area contributed by atoms with E-state index in [1.54, 1.807) is 0 Å². The summed E-state index contributed by atoms with van der Waals surface area (Å²) in [6.45, 7) is 9.49. The summed E-state index contributed by atoms with van der Waals surface area (Å²) >= 11 is 0. The first-order valence-corrected chi connectivity index (χ1v) is 26.7. The van der Waals surface area contributed by atoms with Gasteiger partial charge in [-0.25, -0.2) is 0 Å². The van der Waals surface area contributed by atoms with Crippen LogP contribution in [-0.4, -0.2) is 9.97 Å². The number of pyridine rings is 2. The lowest BCUT2D eigenvalue weighted by Crippen LogP contribution is -2.14. The first-order valence-electron chi connectivity index (χ1n) is 26.7. The highest BCUT2D eigenvalue weighted by molar-refractivity contribution is 6.29. The van der Waals surface area contributed by atoms with Crippen LogP contribution in [0.15, 0.2) is 231 Å². The van der Waals surface area contributed by atoms with Crippen molar-refractivity contribution in [2.75, 3.05) is 0 Å². The number of hydrogen-bond acceptors (Lipinski definition) is 2. The third kappa shape index (κ3) is 5.93. The van der Waals surface area contributed by atoms with Gasteiger partial charge >= 0.3 is 0 Å². The van der Waals surface area contributed by atoms with Crippen molar-refractivity contribution in [2.24, 2.45) is 0 Å². The Morgan fingerprint density at radius 1 is 0.263 bits per heavy atom. The van der Waals surface area contributed by atoms with E-state index < -0.39 is 0 Å². The Morgan fingerprint density at radius 2 is 0.592 bits per heavy atom. The van der Waals surface area contributed by atoms with Crippen molar-refractivity contribution < 1.29 is 0 Å². The summed E-state index contributed by atoms with van der Waals surface area (Å²) in [5.74, 6) is 0. The predicted molar refractivity (Wildman–Crippen MR) is 321 cm³/mol. The molecule has 0 N–H and O–H groups in total. The molecule has 2 heterocycles. The van der Waals surface area contributed by atoms with E-state index in [1.165, 1.54) is 132 Å². The predicted octanol–water partition coefficient (Wildman–Crippen LogP) is 19.8. The molecule has 0 unspecified atom stereocenters. The van der Waals surface area contributed by atoms with Crippen LogP contribution in [0.5, 0.6) is 0 Å². The number of benzene rings is 12. The van der Waals surface area contributed by atoms with Crippen LogP contribution < -0.4 is 0 Å². The summed E-state index contributed by atoms with van der Waals surface area (Å²) in [4.78, 5) is 10.3. The van der Waals surface area contributed by atoms with Gasteiger partial charge in [0.15, 0.2) is 0 Å². The van der Waals surface area contributed by atoms with Crippen LogP contribution in [0.2, 0.25) is 0 Å². The van der Waals surface area contributed by atoms with Gasteiger partial charge in [-0.2, -0.15) is 0 Å². The number of aromatic nitrogens is 2. The summed E-state index contributed by atoms with van der Waals surface area (Å²) in [5.41, 5.74) is 22.3. The molecule has 0 bridgehead atoms. The molecule has 0 aliphatic heterocycles. The van der Waals surface area contributed by atoms with Crippen molar-refractivity contribution in [1.29, 1.82) is 0 Å². The monoisotopic (exact) mass is 966 g/mol. The molecule has 0 saturated carbocycles. The van der Waals surface area contributed by atoms with E-state index in [2.05, 4.69) is 258 Å². The molecule has 356 valence electrons. The number of fused-ring (bicyclic) bond motifs is 15. The molecule has 2 aromatic heterocycles. The van der Waals surface area contributed by atoms with Gasteiger partial charge in [0, 0.05) is 55.5 Å². The summed E-state index contributed by atoms with van der Waals surface area (Å²) in [7, 11) is 0. The number of para-hydroxylation sites is 2. The maximum Gasteiger partial charge on any atom is 0.0708 e.